The lowest BCUT2D eigenvalue weighted by Gasteiger charge is -2.02. The van der Waals surface area contributed by atoms with E-state index in [1.807, 2.05) is 24.9 Å². The number of aromatic nitrogens is 2. The van der Waals surface area contributed by atoms with Crippen LogP contribution < -0.4 is 5.32 Å². The van der Waals surface area contributed by atoms with Gasteiger partial charge in [-0.1, -0.05) is 12.8 Å². The number of hydrogen-bond donors (Lipinski definition) is 1. The lowest BCUT2D eigenvalue weighted by Crippen LogP contribution is -2.02. The zero-order chi connectivity index (χ0) is 9.26. The number of anilines is 1. The summed E-state index contributed by atoms with van der Waals surface area (Å²) in [5.41, 5.74) is 2.28. The average Bonchev–Trinajstić information content (AvgIpc) is 2.81. The van der Waals surface area contributed by atoms with Crippen molar-refractivity contribution >= 4 is 5.69 Å². The van der Waals surface area contributed by atoms with Gasteiger partial charge in [0.1, 0.15) is 0 Å². The third-order valence-electron chi connectivity index (χ3n) is 2.58. The second-order valence-corrected chi connectivity index (χ2v) is 3.96. The van der Waals surface area contributed by atoms with Gasteiger partial charge in [0.15, 0.2) is 0 Å². The molecule has 0 aromatic carbocycles. The van der Waals surface area contributed by atoms with Crippen LogP contribution >= 0.6 is 0 Å². The average molecular weight is 179 g/mol. The van der Waals surface area contributed by atoms with Gasteiger partial charge in [0.05, 0.1) is 11.4 Å². The fourth-order valence-electron chi connectivity index (χ4n) is 1.59. The van der Waals surface area contributed by atoms with Gasteiger partial charge in [0, 0.05) is 19.8 Å². The highest BCUT2D eigenvalue weighted by Crippen LogP contribution is 2.32. The molecule has 0 unspecified atom stereocenters. The summed E-state index contributed by atoms with van der Waals surface area (Å²) in [5, 5.41) is 7.70. The fraction of sp³-hybridized carbons (Fsp3) is 0.700. The third-order valence-corrected chi connectivity index (χ3v) is 2.58. The Morgan fingerprint density at radius 1 is 1.62 bits per heavy atom. The minimum Gasteiger partial charge on any atom is -0.382 e. The quantitative estimate of drug-likeness (QED) is 0.765. The predicted molar refractivity (Wildman–Crippen MR) is 53.8 cm³/mol. The maximum absolute atomic E-state index is 4.28. The molecular weight excluding hydrogens is 162 g/mol. The molecule has 72 valence electrons. The highest BCUT2D eigenvalue weighted by molar-refractivity contribution is 5.45. The van der Waals surface area contributed by atoms with Gasteiger partial charge in [-0.05, 0) is 19.3 Å². The Labute approximate surface area is 79.1 Å². The summed E-state index contributed by atoms with van der Waals surface area (Å²) in [4.78, 5) is 0. The first-order valence-corrected chi connectivity index (χ1v) is 5.00. The van der Waals surface area contributed by atoms with E-state index in [2.05, 4.69) is 10.4 Å². The molecule has 0 saturated heterocycles. The molecule has 1 aliphatic rings. The van der Waals surface area contributed by atoms with Gasteiger partial charge in [-0.2, -0.15) is 5.10 Å². The first-order chi connectivity index (χ1) is 6.25. The van der Waals surface area contributed by atoms with E-state index < -0.39 is 0 Å². The first-order valence-electron chi connectivity index (χ1n) is 5.00. The van der Waals surface area contributed by atoms with Crippen LogP contribution in [-0.4, -0.2) is 16.3 Å². The molecule has 1 N–H and O–H groups in total. The Morgan fingerprint density at radius 2 is 2.38 bits per heavy atom. The predicted octanol–water partition coefficient (Wildman–Crippen LogP) is 1.94. The van der Waals surface area contributed by atoms with Crippen LogP contribution in [0.5, 0.6) is 0 Å². The second-order valence-electron chi connectivity index (χ2n) is 3.96. The van der Waals surface area contributed by atoms with Gasteiger partial charge in [-0.25, -0.2) is 0 Å². The molecule has 13 heavy (non-hydrogen) atoms. The Hall–Kier alpha value is -0.990. The number of rotatable bonds is 4. The normalized spacial score (nSPS) is 16.2. The molecule has 0 amide bonds. The van der Waals surface area contributed by atoms with Crippen molar-refractivity contribution in [2.45, 2.75) is 26.2 Å². The molecule has 0 spiro atoms. The van der Waals surface area contributed by atoms with Crippen molar-refractivity contribution < 1.29 is 0 Å². The number of hydrogen-bond acceptors (Lipinski definition) is 2. The smallest absolute Gasteiger partial charge is 0.0824 e. The van der Waals surface area contributed by atoms with Crippen molar-refractivity contribution in [1.29, 1.82) is 0 Å². The molecule has 1 fully saturated rings. The van der Waals surface area contributed by atoms with Crippen molar-refractivity contribution in [2.75, 3.05) is 11.9 Å². The summed E-state index contributed by atoms with van der Waals surface area (Å²) in [6, 6.07) is 0. The van der Waals surface area contributed by atoms with Gasteiger partial charge < -0.3 is 5.32 Å². The molecule has 1 aliphatic carbocycles. The van der Waals surface area contributed by atoms with E-state index in [0.29, 0.717) is 0 Å². The van der Waals surface area contributed by atoms with E-state index in [9.17, 15) is 0 Å². The van der Waals surface area contributed by atoms with Crippen LogP contribution in [0.15, 0.2) is 6.20 Å². The molecule has 0 bridgehead atoms. The van der Waals surface area contributed by atoms with Gasteiger partial charge in [0.2, 0.25) is 0 Å². The Bertz CT molecular complexity index is 286. The van der Waals surface area contributed by atoms with E-state index >= 15 is 0 Å². The molecule has 2 rings (SSSR count). The SMILES string of the molecule is Cc1nn(C)cc1NCCC1CC1. The van der Waals surface area contributed by atoms with Crippen molar-refractivity contribution in [3.05, 3.63) is 11.9 Å². The molecule has 1 heterocycles. The molecule has 1 saturated carbocycles. The lowest BCUT2D eigenvalue weighted by molar-refractivity contribution is 0.756. The topological polar surface area (TPSA) is 29.9 Å². The Kier molecular flexibility index (Phi) is 2.25. The number of nitrogens with one attached hydrogen (secondary N) is 1. The molecule has 3 heteroatoms. The van der Waals surface area contributed by atoms with Gasteiger partial charge in [-0.15, -0.1) is 0 Å². The summed E-state index contributed by atoms with van der Waals surface area (Å²) in [7, 11) is 1.96. The maximum Gasteiger partial charge on any atom is 0.0824 e. The molecule has 3 nitrogen and oxygen atoms in total. The van der Waals surface area contributed by atoms with Crippen LogP contribution in [0.25, 0.3) is 0 Å². The van der Waals surface area contributed by atoms with Crippen LogP contribution in [0.4, 0.5) is 5.69 Å². The number of nitrogens with zero attached hydrogens (tertiary/aromatic N) is 2. The van der Waals surface area contributed by atoms with E-state index in [0.717, 1.165) is 18.2 Å². The maximum atomic E-state index is 4.28. The Balaban J connectivity index is 1.81. The van der Waals surface area contributed by atoms with Crippen LogP contribution in [0, 0.1) is 12.8 Å². The molecule has 0 aliphatic heterocycles. The number of aryl methyl sites for hydroxylation is 2. The molecular formula is C10H17N3. The summed E-state index contributed by atoms with van der Waals surface area (Å²) < 4.78 is 1.86. The van der Waals surface area contributed by atoms with Crippen LogP contribution in [0.3, 0.4) is 0 Å². The van der Waals surface area contributed by atoms with Crippen molar-refractivity contribution in [2.24, 2.45) is 13.0 Å². The first kappa shape index (κ1) is 8.60. The largest absolute Gasteiger partial charge is 0.382 e. The van der Waals surface area contributed by atoms with E-state index in [1.165, 1.54) is 24.9 Å². The minimum absolute atomic E-state index is 1.00. The molecule has 0 atom stereocenters. The third kappa shape index (κ3) is 2.23. The van der Waals surface area contributed by atoms with Crippen molar-refractivity contribution in [3.63, 3.8) is 0 Å². The highest BCUT2D eigenvalue weighted by atomic mass is 15.3. The van der Waals surface area contributed by atoms with Crippen molar-refractivity contribution in [3.8, 4) is 0 Å². The zero-order valence-electron chi connectivity index (χ0n) is 8.38. The molecule has 1 aromatic heterocycles. The van der Waals surface area contributed by atoms with E-state index in [4.69, 9.17) is 0 Å². The second kappa shape index (κ2) is 3.40. The van der Waals surface area contributed by atoms with Gasteiger partial charge in [-0.3, -0.25) is 4.68 Å². The Morgan fingerprint density at radius 3 is 2.92 bits per heavy atom. The van der Waals surface area contributed by atoms with Gasteiger partial charge >= 0.3 is 0 Å². The minimum atomic E-state index is 1.00. The lowest BCUT2D eigenvalue weighted by atomic mass is 10.3. The summed E-state index contributed by atoms with van der Waals surface area (Å²) in [6.07, 6.45) is 6.23. The summed E-state index contributed by atoms with van der Waals surface area (Å²) in [6.45, 7) is 3.14. The highest BCUT2D eigenvalue weighted by Gasteiger charge is 2.20. The van der Waals surface area contributed by atoms with Crippen LogP contribution in [0.1, 0.15) is 25.0 Å². The van der Waals surface area contributed by atoms with E-state index in [-0.39, 0.29) is 0 Å². The summed E-state index contributed by atoms with van der Waals surface area (Å²) in [5.74, 6) is 1.00. The molecule has 1 aromatic rings. The van der Waals surface area contributed by atoms with Crippen molar-refractivity contribution in [1.82, 2.24) is 9.78 Å². The standard InChI is InChI=1S/C10H17N3/c1-8-10(7-13(2)12-8)11-6-5-9-3-4-9/h7,9,11H,3-6H2,1-2H3. The summed E-state index contributed by atoms with van der Waals surface area (Å²) >= 11 is 0. The van der Waals surface area contributed by atoms with Crippen LogP contribution in [-0.2, 0) is 7.05 Å². The monoisotopic (exact) mass is 179 g/mol. The van der Waals surface area contributed by atoms with E-state index in [1.54, 1.807) is 0 Å². The molecule has 0 radical (unpaired) electrons. The zero-order valence-corrected chi connectivity index (χ0v) is 8.38. The fourth-order valence-corrected chi connectivity index (χ4v) is 1.59. The van der Waals surface area contributed by atoms with Gasteiger partial charge in [0.25, 0.3) is 0 Å². The van der Waals surface area contributed by atoms with Crippen LogP contribution in [0.2, 0.25) is 0 Å².